The minimum atomic E-state index is 0.458. The predicted molar refractivity (Wildman–Crippen MR) is 78.2 cm³/mol. The van der Waals surface area contributed by atoms with E-state index in [1.807, 2.05) is 11.3 Å². The van der Waals surface area contributed by atoms with Crippen LogP contribution in [0.25, 0.3) is 0 Å². The Morgan fingerprint density at radius 3 is 3.06 bits per heavy atom. The van der Waals surface area contributed by atoms with Crippen LogP contribution in [0.15, 0.2) is 17.5 Å². The van der Waals surface area contributed by atoms with Crippen LogP contribution in [-0.4, -0.2) is 25.3 Å². The molecule has 2 nitrogen and oxygen atoms in total. The monoisotopic (exact) mass is 267 g/mol. The standard InChI is InChI=1S/C15H25NOS/c1-3-8-16-14(11-12-6-5-10-18-12)13-7-9-17-15(13)4-2/h5-6,10,13-16H,3-4,7-9,11H2,1-2H3. The van der Waals surface area contributed by atoms with Gasteiger partial charge in [0.25, 0.3) is 0 Å². The molecule has 3 unspecified atom stereocenters. The minimum Gasteiger partial charge on any atom is -0.378 e. The van der Waals surface area contributed by atoms with E-state index < -0.39 is 0 Å². The smallest absolute Gasteiger partial charge is 0.0616 e. The van der Waals surface area contributed by atoms with Gasteiger partial charge in [0.15, 0.2) is 0 Å². The summed E-state index contributed by atoms with van der Waals surface area (Å²) in [4.78, 5) is 1.49. The Morgan fingerprint density at radius 2 is 2.39 bits per heavy atom. The molecule has 1 aliphatic heterocycles. The first-order valence-corrected chi connectivity index (χ1v) is 8.10. The van der Waals surface area contributed by atoms with Gasteiger partial charge in [0.05, 0.1) is 6.10 Å². The van der Waals surface area contributed by atoms with Crippen molar-refractivity contribution in [2.24, 2.45) is 5.92 Å². The molecule has 2 heterocycles. The zero-order chi connectivity index (χ0) is 12.8. The van der Waals surface area contributed by atoms with Crippen molar-refractivity contribution in [3.05, 3.63) is 22.4 Å². The maximum atomic E-state index is 5.86. The summed E-state index contributed by atoms with van der Waals surface area (Å²) in [5.74, 6) is 0.684. The lowest BCUT2D eigenvalue weighted by atomic mass is 9.89. The van der Waals surface area contributed by atoms with E-state index in [0.717, 1.165) is 26.0 Å². The van der Waals surface area contributed by atoms with Crippen molar-refractivity contribution in [2.75, 3.05) is 13.2 Å². The molecular weight excluding hydrogens is 242 g/mol. The first-order chi connectivity index (χ1) is 8.85. The highest BCUT2D eigenvalue weighted by atomic mass is 32.1. The summed E-state index contributed by atoms with van der Waals surface area (Å²) in [6.45, 7) is 6.53. The van der Waals surface area contributed by atoms with Gasteiger partial charge in [-0.05, 0) is 43.7 Å². The van der Waals surface area contributed by atoms with E-state index in [1.165, 1.54) is 17.7 Å². The van der Waals surface area contributed by atoms with Crippen molar-refractivity contribution in [3.63, 3.8) is 0 Å². The zero-order valence-corrected chi connectivity index (χ0v) is 12.3. The van der Waals surface area contributed by atoms with Crippen LogP contribution in [-0.2, 0) is 11.2 Å². The molecule has 1 aromatic heterocycles. The lowest BCUT2D eigenvalue weighted by Gasteiger charge is -2.28. The number of hydrogen-bond donors (Lipinski definition) is 1. The fraction of sp³-hybridized carbons (Fsp3) is 0.733. The lowest BCUT2D eigenvalue weighted by molar-refractivity contribution is 0.0775. The minimum absolute atomic E-state index is 0.458. The van der Waals surface area contributed by atoms with Gasteiger partial charge in [0.1, 0.15) is 0 Å². The van der Waals surface area contributed by atoms with Gasteiger partial charge in [-0.2, -0.15) is 0 Å². The van der Waals surface area contributed by atoms with Crippen molar-refractivity contribution in [1.82, 2.24) is 5.32 Å². The maximum Gasteiger partial charge on any atom is 0.0616 e. The van der Waals surface area contributed by atoms with Crippen LogP contribution in [0, 0.1) is 5.92 Å². The number of rotatable bonds is 7. The summed E-state index contributed by atoms with van der Waals surface area (Å²) in [6.07, 6.45) is 5.16. The fourth-order valence-electron chi connectivity index (χ4n) is 2.90. The van der Waals surface area contributed by atoms with Gasteiger partial charge in [-0.1, -0.05) is 19.9 Å². The molecule has 0 aromatic carbocycles. The van der Waals surface area contributed by atoms with Crippen LogP contribution in [0.2, 0.25) is 0 Å². The van der Waals surface area contributed by atoms with Crippen molar-refractivity contribution in [1.29, 1.82) is 0 Å². The van der Waals surface area contributed by atoms with E-state index in [1.54, 1.807) is 0 Å². The Bertz CT molecular complexity index is 325. The Morgan fingerprint density at radius 1 is 1.50 bits per heavy atom. The normalized spacial score (nSPS) is 25.4. The Labute approximate surface area is 115 Å². The highest BCUT2D eigenvalue weighted by molar-refractivity contribution is 7.09. The van der Waals surface area contributed by atoms with Gasteiger partial charge in [-0.15, -0.1) is 11.3 Å². The molecule has 3 atom stereocenters. The van der Waals surface area contributed by atoms with Crippen LogP contribution < -0.4 is 5.32 Å². The van der Waals surface area contributed by atoms with Gasteiger partial charge < -0.3 is 10.1 Å². The number of ether oxygens (including phenoxy) is 1. The van der Waals surface area contributed by atoms with Gasteiger partial charge in [-0.25, -0.2) is 0 Å². The summed E-state index contributed by atoms with van der Waals surface area (Å²) in [6, 6.07) is 4.98. The van der Waals surface area contributed by atoms with Crippen LogP contribution in [0.5, 0.6) is 0 Å². The topological polar surface area (TPSA) is 21.3 Å². The van der Waals surface area contributed by atoms with Crippen molar-refractivity contribution < 1.29 is 4.74 Å². The quantitative estimate of drug-likeness (QED) is 0.816. The Hall–Kier alpha value is -0.380. The van der Waals surface area contributed by atoms with E-state index in [2.05, 4.69) is 36.7 Å². The summed E-state index contributed by atoms with van der Waals surface area (Å²) in [5.41, 5.74) is 0. The zero-order valence-electron chi connectivity index (χ0n) is 11.5. The van der Waals surface area contributed by atoms with E-state index in [-0.39, 0.29) is 0 Å². The number of hydrogen-bond acceptors (Lipinski definition) is 3. The highest BCUT2D eigenvalue weighted by Crippen LogP contribution is 2.29. The van der Waals surface area contributed by atoms with Crippen LogP contribution >= 0.6 is 11.3 Å². The molecule has 0 saturated carbocycles. The van der Waals surface area contributed by atoms with E-state index >= 15 is 0 Å². The summed E-state index contributed by atoms with van der Waals surface area (Å²) in [5, 5.41) is 5.92. The van der Waals surface area contributed by atoms with Gasteiger partial charge in [-0.3, -0.25) is 0 Å². The molecule has 1 N–H and O–H groups in total. The summed E-state index contributed by atoms with van der Waals surface area (Å²) >= 11 is 1.87. The molecule has 0 bridgehead atoms. The second-order valence-corrected chi connectivity index (χ2v) is 6.15. The molecule has 1 aliphatic rings. The number of nitrogens with one attached hydrogen (secondary N) is 1. The molecule has 1 fully saturated rings. The highest BCUT2D eigenvalue weighted by Gasteiger charge is 2.33. The number of thiophene rings is 1. The second-order valence-electron chi connectivity index (χ2n) is 5.11. The Kier molecular flexibility index (Phi) is 5.67. The van der Waals surface area contributed by atoms with E-state index in [4.69, 9.17) is 4.74 Å². The fourth-order valence-corrected chi connectivity index (χ4v) is 3.66. The van der Waals surface area contributed by atoms with Crippen molar-refractivity contribution >= 4 is 11.3 Å². The van der Waals surface area contributed by atoms with E-state index in [0.29, 0.717) is 18.1 Å². The van der Waals surface area contributed by atoms with Crippen LogP contribution in [0.4, 0.5) is 0 Å². The van der Waals surface area contributed by atoms with Crippen LogP contribution in [0.3, 0.4) is 0 Å². The van der Waals surface area contributed by atoms with Crippen molar-refractivity contribution in [2.45, 2.75) is 51.7 Å². The molecule has 3 heteroatoms. The molecule has 2 rings (SSSR count). The third-order valence-electron chi connectivity index (χ3n) is 3.84. The first-order valence-electron chi connectivity index (χ1n) is 7.22. The molecule has 18 heavy (non-hydrogen) atoms. The predicted octanol–water partition coefficient (Wildman–Crippen LogP) is 3.47. The lowest BCUT2D eigenvalue weighted by Crippen LogP contribution is -2.41. The molecular formula is C15H25NOS. The average molecular weight is 267 g/mol. The molecule has 0 aliphatic carbocycles. The summed E-state index contributed by atoms with van der Waals surface area (Å²) in [7, 11) is 0. The van der Waals surface area contributed by atoms with Gasteiger partial charge in [0, 0.05) is 23.4 Å². The molecule has 102 valence electrons. The molecule has 0 spiro atoms. The summed E-state index contributed by atoms with van der Waals surface area (Å²) < 4.78 is 5.86. The average Bonchev–Trinajstić information content (AvgIpc) is 3.04. The first kappa shape index (κ1) is 14.0. The van der Waals surface area contributed by atoms with Gasteiger partial charge in [0.2, 0.25) is 0 Å². The molecule has 1 saturated heterocycles. The van der Waals surface area contributed by atoms with E-state index in [9.17, 15) is 0 Å². The van der Waals surface area contributed by atoms with Crippen LogP contribution in [0.1, 0.15) is 38.0 Å². The third kappa shape index (κ3) is 3.56. The second kappa shape index (κ2) is 7.27. The SMILES string of the molecule is CCCNC(Cc1cccs1)C1CCOC1CC. The molecule has 1 aromatic rings. The maximum absolute atomic E-state index is 5.86. The van der Waals surface area contributed by atoms with Crippen molar-refractivity contribution in [3.8, 4) is 0 Å². The molecule has 0 amide bonds. The molecule has 0 radical (unpaired) electrons. The third-order valence-corrected chi connectivity index (χ3v) is 4.74. The van der Waals surface area contributed by atoms with Gasteiger partial charge >= 0.3 is 0 Å². The largest absolute Gasteiger partial charge is 0.378 e. The Balaban J connectivity index is 1.99.